The number of esters is 1. The third kappa shape index (κ3) is 1.68. The zero-order chi connectivity index (χ0) is 10.9. The van der Waals surface area contributed by atoms with Gasteiger partial charge in [0.05, 0.1) is 6.61 Å². The van der Waals surface area contributed by atoms with Gasteiger partial charge < -0.3 is 4.74 Å². The van der Waals surface area contributed by atoms with Gasteiger partial charge in [0.25, 0.3) is 0 Å². The van der Waals surface area contributed by atoms with Crippen molar-refractivity contribution in [3.8, 4) is 0 Å². The topological polar surface area (TPSA) is 38.3 Å². The molecule has 0 fully saturated rings. The standard InChI is InChI=1S/C11H15NO2S/c1-3-14-10(13)11(2)9-8(4-6-12-11)5-7-15-9/h5,7,12H,3-4,6H2,1-2H3/t11-/m0/s1. The molecule has 4 heteroatoms. The van der Waals surface area contributed by atoms with Gasteiger partial charge >= 0.3 is 5.97 Å². The van der Waals surface area contributed by atoms with Crippen LogP contribution < -0.4 is 5.32 Å². The van der Waals surface area contributed by atoms with Gasteiger partial charge in [-0.1, -0.05) is 0 Å². The quantitative estimate of drug-likeness (QED) is 0.778. The number of hydrogen-bond donors (Lipinski definition) is 1. The van der Waals surface area contributed by atoms with Crippen molar-refractivity contribution in [3.63, 3.8) is 0 Å². The van der Waals surface area contributed by atoms with Crippen molar-refractivity contribution in [1.29, 1.82) is 0 Å². The van der Waals surface area contributed by atoms with Crippen LogP contribution in [0, 0.1) is 0 Å². The van der Waals surface area contributed by atoms with Crippen LogP contribution in [0.2, 0.25) is 0 Å². The Balaban J connectivity index is 2.34. The molecule has 15 heavy (non-hydrogen) atoms. The fourth-order valence-electron chi connectivity index (χ4n) is 1.94. The van der Waals surface area contributed by atoms with Crippen LogP contribution in [0.1, 0.15) is 24.3 Å². The van der Waals surface area contributed by atoms with Crippen LogP contribution in [0.25, 0.3) is 0 Å². The first-order valence-corrected chi connectivity index (χ1v) is 6.05. The Kier molecular flexibility index (Phi) is 2.80. The van der Waals surface area contributed by atoms with E-state index in [0.29, 0.717) is 6.61 Å². The van der Waals surface area contributed by atoms with Crippen LogP contribution in [0.3, 0.4) is 0 Å². The zero-order valence-electron chi connectivity index (χ0n) is 9.00. The predicted molar refractivity (Wildman–Crippen MR) is 60.0 cm³/mol. The van der Waals surface area contributed by atoms with E-state index in [1.165, 1.54) is 5.56 Å². The van der Waals surface area contributed by atoms with Gasteiger partial charge in [-0.3, -0.25) is 5.32 Å². The lowest BCUT2D eigenvalue weighted by Crippen LogP contribution is -2.50. The molecule has 1 aliphatic heterocycles. The van der Waals surface area contributed by atoms with Crippen molar-refractivity contribution in [2.24, 2.45) is 0 Å². The minimum Gasteiger partial charge on any atom is -0.464 e. The summed E-state index contributed by atoms with van der Waals surface area (Å²) in [5.74, 6) is -0.173. The Bertz CT molecular complexity index is 374. The molecule has 3 nitrogen and oxygen atoms in total. The van der Waals surface area contributed by atoms with Crippen LogP contribution in [0.4, 0.5) is 0 Å². The molecule has 0 saturated carbocycles. The number of fused-ring (bicyclic) bond motifs is 1. The maximum atomic E-state index is 11.9. The summed E-state index contributed by atoms with van der Waals surface area (Å²) in [7, 11) is 0. The van der Waals surface area contributed by atoms with Gasteiger partial charge in [-0.15, -0.1) is 11.3 Å². The van der Waals surface area contributed by atoms with E-state index in [1.54, 1.807) is 11.3 Å². The highest BCUT2D eigenvalue weighted by Crippen LogP contribution is 2.33. The monoisotopic (exact) mass is 225 g/mol. The van der Waals surface area contributed by atoms with Crippen molar-refractivity contribution >= 4 is 17.3 Å². The summed E-state index contributed by atoms with van der Waals surface area (Å²) in [4.78, 5) is 13.0. The molecule has 0 saturated heterocycles. The highest BCUT2D eigenvalue weighted by atomic mass is 32.1. The van der Waals surface area contributed by atoms with Crippen molar-refractivity contribution in [2.75, 3.05) is 13.2 Å². The second kappa shape index (κ2) is 3.94. The molecular weight excluding hydrogens is 210 g/mol. The lowest BCUT2D eigenvalue weighted by molar-refractivity contribution is -0.151. The lowest BCUT2D eigenvalue weighted by Gasteiger charge is -2.32. The van der Waals surface area contributed by atoms with Crippen molar-refractivity contribution in [2.45, 2.75) is 25.8 Å². The van der Waals surface area contributed by atoms with Gasteiger partial charge in [0.15, 0.2) is 0 Å². The average Bonchev–Trinajstić information content (AvgIpc) is 2.68. The van der Waals surface area contributed by atoms with E-state index in [1.807, 2.05) is 19.2 Å². The Morgan fingerprint density at radius 1 is 1.73 bits per heavy atom. The molecule has 2 rings (SSSR count). The normalized spacial score (nSPS) is 24.7. The molecule has 0 radical (unpaired) electrons. The summed E-state index contributed by atoms with van der Waals surface area (Å²) in [6, 6.07) is 2.10. The maximum Gasteiger partial charge on any atom is 0.331 e. The average molecular weight is 225 g/mol. The van der Waals surface area contributed by atoms with Crippen LogP contribution >= 0.6 is 11.3 Å². The fraction of sp³-hybridized carbons (Fsp3) is 0.545. The second-order valence-corrected chi connectivity index (χ2v) is 4.71. The molecule has 1 aromatic rings. The van der Waals surface area contributed by atoms with Gasteiger partial charge in [0, 0.05) is 11.4 Å². The summed E-state index contributed by atoms with van der Waals surface area (Å²) in [6.07, 6.45) is 0.994. The molecule has 1 aromatic heterocycles. The molecule has 0 spiro atoms. The number of hydrogen-bond acceptors (Lipinski definition) is 4. The van der Waals surface area contributed by atoms with Crippen molar-refractivity contribution < 1.29 is 9.53 Å². The highest BCUT2D eigenvalue weighted by Gasteiger charge is 2.41. The lowest BCUT2D eigenvalue weighted by atomic mass is 9.92. The van der Waals surface area contributed by atoms with Crippen LogP contribution in [0.15, 0.2) is 11.4 Å². The molecule has 0 amide bonds. The van der Waals surface area contributed by atoms with E-state index in [9.17, 15) is 4.79 Å². The minimum absolute atomic E-state index is 0.173. The van der Waals surface area contributed by atoms with Crippen molar-refractivity contribution in [3.05, 3.63) is 21.9 Å². The summed E-state index contributed by atoms with van der Waals surface area (Å²) in [6.45, 7) is 4.99. The first-order chi connectivity index (χ1) is 7.18. The minimum atomic E-state index is -0.641. The van der Waals surface area contributed by atoms with Crippen LogP contribution in [-0.2, 0) is 21.5 Å². The Morgan fingerprint density at radius 3 is 3.27 bits per heavy atom. The molecule has 2 heterocycles. The maximum absolute atomic E-state index is 11.9. The van der Waals surface area contributed by atoms with Gasteiger partial charge in [-0.25, -0.2) is 4.79 Å². The number of thiophene rings is 1. The molecular formula is C11H15NO2S. The first-order valence-electron chi connectivity index (χ1n) is 5.17. The SMILES string of the molecule is CCOC(=O)[C@@]1(C)NCCc2ccsc21. The number of rotatable bonds is 2. The van der Waals surface area contributed by atoms with Crippen molar-refractivity contribution in [1.82, 2.24) is 5.32 Å². The van der Waals surface area contributed by atoms with Crippen LogP contribution in [-0.4, -0.2) is 19.1 Å². The summed E-state index contributed by atoms with van der Waals surface area (Å²) in [5, 5.41) is 5.30. The van der Waals surface area contributed by atoms with Gasteiger partial charge in [0.1, 0.15) is 5.54 Å². The predicted octanol–water partition coefficient (Wildman–Crippen LogP) is 1.67. The molecule has 0 bridgehead atoms. The van der Waals surface area contributed by atoms with E-state index < -0.39 is 5.54 Å². The molecule has 1 aliphatic rings. The molecule has 1 atom stereocenters. The Labute approximate surface area is 93.4 Å². The van der Waals surface area contributed by atoms with E-state index in [-0.39, 0.29) is 5.97 Å². The van der Waals surface area contributed by atoms with E-state index >= 15 is 0 Å². The third-order valence-corrected chi connectivity index (χ3v) is 3.94. The Hall–Kier alpha value is -0.870. The largest absolute Gasteiger partial charge is 0.464 e. The van der Waals surface area contributed by atoms with Crippen LogP contribution in [0.5, 0.6) is 0 Å². The summed E-state index contributed by atoms with van der Waals surface area (Å²) < 4.78 is 5.12. The second-order valence-electron chi connectivity index (χ2n) is 3.80. The molecule has 0 aromatic carbocycles. The van der Waals surface area contributed by atoms with E-state index in [0.717, 1.165) is 17.8 Å². The van der Waals surface area contributed by atoms with E-state index in [4.69, 9.17) is 4.74 Å². The zero-order valence-corrected chi connectivity index (χ0v) is 9.82. The van der Waals surface area contributed by atoms with Gasteiger partial charge in [0.2, 0.25) is 0 Å². The molecule has 0 unspecified atom stereocenters. The summed E-state index contributed by atoms with van der Waals surface area (Å²) in [5.41, 5.74) is 0.631. The third-order valence-electron chi connectivity index (χ3n) is 2.76. The number of carbonyl (C=O) groups excluding carboxylic acids is 1. The van der Waals surface area contributed by atoms with Gasteiger partial charge in [-0.2, -0.15) is 0 Å². The summed E-state index contributed by atoms with van der Waals surface area (Å²) >= 11 is 1.62. The molecule has 1 N–H and O–H groups in total. The molecule has 82 valence electrons. The van der Waals surface area contributed by atoms with E-state index in [2.05, 4.69) is 11.4 Å². The number of ether oxygens (including phenoxy) is 1. The van der Waals surface area contributed by atoms with Gasteiger partial charge in [-0.05, 0) is 37.3 Å². The highest BCUT2D eigenvalue weighted by molar-refractivity contribution is 7.10. The first kappa shape index (κ1) is 10.6. The number of carbonyl (C=O) groups is 1. The Morgan fingerprint density at radius 2 is 2.53 bits per heavy atom. The fourth-order valence-corrected chi connectivity index (χ4v) is 3.02. The molecule has 0 aliphatic carbocycles. The smallest absolute Gasteiger partial charge is 0.331 e. The number of nitrogens with one attached hydrogen (secondary N) is 1.